The smallest absolute Gasteiger partial charge is 0.221 e. The lowest BCUT2D eigenvalue weighted by Gasteiger charge is -2.20. The number of carbonyl (C=O) groups is 1. The van der Waals surface area contributed by atoms with E-state index in [1.807, 2.05) is 45.0 Å². The van der Waals surface area contributed by atoms with Gasteiger partial charge in [0.25, 0.3) is 0 Å². The van der Waals surface area contributed by atoms with Crippen LogP contribution >= 0.6 is 0 Å². The lowest BCUT2D eigenvalue weighted by Crippen LogP contribution is -2.41. The first kappa shape index (κ1) is 14.6. The topological polar surface area (TPSA) is 54.3 Å². The number of nitrogens with one attached hydrogen (secondary N) is 2. The standard InChI is InChI=1S/C16H22N2O2/c1-16(2,3)18-15(19)8-9-17-10-12-11-20-14-7-5-4-6-13(12)14/h4-7,11,17H,8-10H2,1-3H3,(H,18,19). The zero-order chi connectivity index (χ0) is 14.6. The molecule has 0 aliphatic heterocycles. The molecule has 108 valence electrons. The highest BCUT2D eigenvalue weighted by atomic mass is 16.3. The van der Waals surface area contributed by atoms with E-state index < -0.39 is 0 Å². The van der Waals surface area contributed by atoms with E-state index in [1.165, 1.54) is 0 Å². The molecule has 0 atom stereocenters. The molecule has 20 heavy (non-hydrogen) atoms. The van der Waals surface area contributed by atoms with Gasteiger partial charge in [-0.05, 0) is 26.8 Å². The average Bonchev–Trinajstić information content (AvgIpc) is 2.76. The summed E-state index contributed by atoms with van der Waals surface area (Å²) in [5.74, 6) is 0.0713. The van der Waals surface area contributed by atoms with E-state index in [9.17, 15) is 4.79 Å². The van der Waals surface area contributed by atoms with Crippen molar-refractivity contribution in [3.8, 4) is 0 Å². The van der Waals surface area contributed by atoms with Crippen LogP contribution < -0.4 is 10.6 Å². The van der Waals surface area contributed by atoms with Gasteiger partial charge < -0.3 is 15.1 Å². The van der Waals surface area contributed by atoms with E-state index in [0.717, 1.165) is 16.5 Å². The highest BCUT2D eigenvalue weighted by Crippen LogP contribution is 2.20. The van der Waals surface area contributed by atoms with Gasteiger partial charge in [0.05, 0.1) is 6.26 Å². The van der Waals surface area contributed by atoms with Crippen LogP contribution in [0.3, 0.4) is 0 Å². The van der Waals surface area contributed by atoms with Gasteiger partial charge in [-0.25, -0.2) is 0 Å². The summed E-state index contributed by atoms with van der Waals surface area (Å²) < 4.78 is 5.47. The minimum Gasteiger partial charge on any atom is -0.464 e. The highest BCUT2D eigenvalue weighted by Gasteiger charge is 2.13. The average molecular weight is 274 g/mol. The quantitative estimate of drug-likeness (QED) is 0.824. The summed E-state index contributed by atoms with van der Waals surface area (Å²) in [5, 5.41) is 7.34. The van der Waals surface area contributed by atoms with E-state index >= 15 is 0 Å². The second kappa shape index (κ2) is 6.09. The molecule has 2 rings (SSSR count). The molecule has 0 bridgehead atoms. The van der Waals surface area contributed by atoms with Crippen molar-refractivity contribution >= 4 is 16.9 Å². The molecule has 2 aromatic rings. The third-order valence-electron chi connectivity index (χ3n) is 2.92. The van der Waals surface area contributed by atoms with Crippen LogP contribution in [0.5, 0.6) is 0 Å². The summed E-state index contributed by atoms with van der Waals surface area (Å²) in [6.45, 7) is 7.31. The number of para-hydroxylation sites is 1. The normalized spacial score (nSPS) is 11.8. The maximum atomic E-state index is 11.7. The lowest BCUT2D eigenvalue weighted by molar-refractivity contribution is -0.122. The molecular weight excluding hydrogens is 252 g/mol. The second-order valence-electron chi connectivity index (χ2n) is 5.98. The van der Waals surface area contributed by atoms with Crippen LogP contribution in [0.15, 0.2) is 34.9 Å². The summed E-state index contributed by atoms with van der Waals surface area (Å²) in [7, 11) is 0. The Kier molecular flexibility index (Phi) is 4.45. The van der Waals surface area contributed by atoms with Crippen LogP contribution in [0, 0.1) is 0 Å². The summed E-state index contributed by atoms with van der Waals surface area (Å²) in [6, 6.07) is 7.95. The maximum Gasteiger partial charge on any atom is 0.221 e. The molecule has 1 amide bonds. The highest BCUT2D eigenvalue weighted by molar-refractivity contribution is 5.80. The number of furan rings is 1. The molecule has 1 heterocycles. The maximum absolute atomic E-state index is 11.7. The van der Waals surface area contributed by atoms with E-state index in [2.05, 4.69) is 10.6 Å². The Bertz CT molecular complexity index is 581. The Balaban J connectivity index is 1.78. The van der Waals surface area contributed by atoms with Crippen LogP contribution in [-0.2, 0) is 11.3 Å². The number of hydrogen-bond acceptors (Lipinski definition) is 3. The molecule has 0 saturated heterocycles. The molecule has 0 spiro atoms. The van der Waals surface area contributed by atoms with Crippen LogP contribution in [0.2, 0.25) is 0 Å². The van der Waals surface area contributed by atoms with Crippen molar-refractivity contribution < 1.29 is 9.21 Å². The molecule has 0 fully saturated rings. The van der Waals surface area contributed by atoms with Crippen molar-refractivity contribution in [1.29, 1.82) is 0 Å². The fraction of sp³-hybridized carbons (Fsp3) is 0.438. The van der Waals surface area contributed by atoms with Crippen molar-refractivity contribution in [1.82, 2.24) is 10.6 Å². The van der Waals surface area contributed by atoms with Gasteiger partial charge in [-0.15, -0.1) is 0 Å². The van der Waals surface area contributed by atoms with Gasteiger partial charge >= 0.3 is 0 Å². The van der Waals surface area contributed by atoms with Crippen molar-refractivity contribution in [2.24, 2.45) is 0 Å². The molecule has 0 saturated carbocycles. The van der Waals surface area contributed by atoms with Crippen LogP contribution in [0.4, 0.5) is 0 Å². The van der Waals surface area contributed by atoms with Crippen molar-refractivity contribution in [2.45, 2.75) is 39.3 Å². The number of benzene rings is 1. The summed E-state index contributed by atoms with van der Waals surface area (Å²) in [4.78, 5) is 11.7. The molecule has 4 heteroatoms. The first-order valence-electron chi connectivity index (χ1n) is 6.92. The number of hydrogen-bond donors (Lipinski definition) is 2. The number of rotatable bonds is 5. The molecule has 1 aromatic heterocycles. The zero-order valence-electron chi connectivity index (χ0n) is 12.3. The first-order valence-corrected chi connectivity index (χ1v) is 6.92. The molecular formula is C16H22N2O2. The van der Waals surface area contributed by atoms with Gasteiger partial charge in [-0.2, -0.15) is 0 Å². The minimum atomic E-state index is -0.169. The van der Waals surface area contributed by atoms with Gasteiger partial charge in [0.1, 0.15) is 5.58 Å². The molecule has 0 unspecified atom stereocenters. The minimum absolute atomic E-state index is 0.0713. The molecule has 2 N–H and O–H groups in total. The van der Waals surface area contributed by atoms with Crippen LogP contribution in [0.25, 0.3) is 11.0 Å². The van der Waals surface area contributed by atoms with Gasteiger partial charge in [0.15, 0.2) is 0 Å². The lowest BCUT2D eigenvalue weighted by atomic mass is 10.1. The monoisotopic (exact) mass is 274 g/mol. The summed E-state index contributed by atoms with van der Waals surface area (Å²) in [6.07, 6.45) is 2.25. The number of amides is 1. The molecule has 0 radical (unpaired) electrons. The molecule has 1 aromatic carbocycles. The Hall–Kier alpha value is -1.81. The van der Waals surface area contributed by atoms with E-state index in [-0.39, 0.29) is 11.4 Å². The van der Waals surface area contributed by atoms with Crippen LogP contribution in [-0.4, -0.2) is 18.0 Å². The fourth-order valence-electron chi connectivity index (χ4n) is 2.08. The summed E-state index contributed by atoms with van der Waals surface area (Å²) in [5.41, 5.74) is 1.85. The Morgan fingerprint density at radius 3 is 2.75 bits per heavy atom. The summed E-state index contributed by atoms with van der Waals surface area (Å²) >= 11 is 0. The van der Waals surface area contributed by atoms with E-state index in [4.69, 9.17) is 4.42 Å². The molecule has 0 aliphatic carbocycles. The SMILES string of the molecule is CC(C)(C)NC(=O)CCNCc1coc2ccccc12. The van der Waals surface area contributed by atoms with Crippen molar-refractivity contribution in [3.05, 3.63) is 36.1 Å². The largest absolute Gasteiger partial charge is 0.464 e. The Labute approximate surface area is 119 Å². The van der Waals surface area contributed by atoms with Gasteiger partial charge in [-0.3, -0.25) is 4.79 Å². The Morgan fingerprint density at radius 2 is 2.00 bits per heavy atom. The third kappa shape index (κ3) is 4.10. The van der Waals surface area contributed by atoms with E-state index in [1.54, 1.807) is 6.26 Å². The first-order chi connectivity index (χ1) is 9.46. The van der Waals surface area contributed by atoms with Crippen molar-refractivity contribution in [2.75, 3.05) is 6.54 Å². The Morgan fingerprint density at radius 1 is 1.25 bits per heavy atom. The van der Waals surface area contributed by atoms with Gasteiger partial charge in [-0.1, -0.05) is 18.2 Å². The predicted molar refractivity (Wildman–Crippen MR) is 80.4 cm³/mol. The molecule has 0 aliphatic rings. The fourth-order valence-corrected chi connectivity index (χ4v) is 2.08. The second-order valence-corrected chi connectivity index (χ2v) is 5.98. The zero-order valence-corrected chi connectivity index (χ0v) is 12.3. The number of carbonyl (C=O) groups excluding carboxylic acids is 1. The molecule has 4 nitrogen and oxygen atoms in total. The van der Waals surface area contributed by atoms with E-state index in [0.29, 0.717) is 19.5 Å². The van der Waals surface area contributed by atoms with Gasteiger partial charge in [0, 0.05) is 36.0 Å². The predicted octanol–water partition coefficient (Wildman–Crippen LogP) is 2.83. The van der Waals surface area contributed by atoms with Crippen LogP contribution in [0.1, 0.15) is 32.8 Å². The van der Waals surface area contributed by atoms with Crippen molar-refractivity contribution in [3.63, 3.8) is 0 Å². The number of fused-ring (bicyclic) bond motifs is 1. The van der Waals surface area contributed by atoms with Gasteiger partial charge in [0.2, 0.25) is 5.91 Å². The third-order valence-corrected chi connectivity index (χ3v) is 2.92.